The van der Waals surface area contributed by atoms with Gasteiger partial charge in [0.1, 0.15) is 0 Å². The Labute approximate surface area is 63.3 Å². The second kappa shape index (κ2) is 2.09. The van der Waals surface area contributed by atoms with E-state index in [-0.39, 0.29) is 5.54 Å². The van der Waals surface area contributed by atoms with Crippen LogP contribution in [0.15, 0.2) is 12.2 Å². The maximum atomic E-state index is 5.91. The molecule has 10 heavy (non-hydrogen) atoms. The minimum atomic E-state index is -0.0461. The van der Waals surface area contributed by atoms with E-state index in [1.807, 2.05) is 0 Å². The Balaban J connectivity index is 2.70. The Morgan fingerprint density at radius 1 is 1.10 bits per heavy atom. The molecule has 0 saturated heterocycles. The maximum absolute atomic E-state index is 5.91. The number of rotatable bonds is 0. The highest BCUT2D eigenvalue weighted by atomic mass is 14.7. The van der Waals surface area contributed by atoms with E-state index in [4.69, 9.17) is 5.73 Å². The largest absolute Gasteiger partial charge is 0.322 e. The molecule has 1 aliphatic rings. The molecule has 0 saturated carbocycles. The molecular formula is C9H17N. The molecule has 0 heterocycles. The number of hydrogen-bond donors (Lipinski definition) is 1. The van der Waals surface area contributed by atoms with E-state index in [1.54, 1.807) is 0 Å². The quantitative estimate of drug-likeness (QED) is 0.511. The summed E-state index contributed by atoms with van der Waals surface area (Å²) in [4.78, 5) is 0. The molecule has 0 aromatic carbocycles. The van der Waals surface area contributed by atoms with Gasteiger partial charge in [0.15, 0.2) is 0 Å². The topological polar surface area (TPSA) is 26.0 Å². The van der Waals surface area contributed by atoms with E-state index in [1.165, 1.54) is 6.42 Å². The predicted molar refractivity (Wildman–Crippen MR) is 44.7 cm³/mol. The van der Waals surface area contributed by atoms with Crippen LogP contribution in [0.1, 0.15) is 33.6 Å². The first kappa shape index (κ1) is 7.80. The molecule has 1 rings (SSSR count). The zero-order valence-electron chi connectivity index (χ0n) is 7.15. The molecular weight excluding hydrogens is 122 g/mol. The second-order valence-corrected chi connectivity index (χ2v) is 4.33. The van der Waals surface area contributed by atoms with Crippen LogP contribution in [0.2, 0.25) is 0 Å². The van der Waals surface area contributed by atoms with E-state index in [0.717, 1.165) is 6.42 Å². The summed E-state index contributed by atoms with van der Waals surface area (Å²) in [5.74, 6) is 0. The molecule has 1 aliphatic carbocycles. The molecule has 1 unspecified atom stereocenters. The van der Waals surface area contributed by atoms with E-state index < -0.39 is 0 Å². The molecule has 0 aromatic rings. The minimum absolute atomic E-state index is 0.0461. The summed E-state index contributed by atoms with van der Waals surface area (Å²) in [7, 11) is 0. The van der Waals surface area contributed by atoms with Gasteiger partial charge in [0.2, 0.25) is 0 Å². The smallest absolute Gasteiger partial charge is 0.0310 e. The van der Waals surface area contributed by atoms with Gasteiger partial charge in [-0.15, -0.1) is 0 Å². The molecule has 2 N–H and O–H groups in total. The van der Waals surface area contributed by atoms with Crippen LogP contribution in [0.25, 0.3) is 0 Å². The van der Waals surface area contributed by atoms with E-state index in [2.05, 4.69) is 32.9 Å². The standard InChI is InChI=1S/C9H17N/c1-8(2)4-6-9(3,10)7-5-8/h4,6H,5,7,10H2,1-3H3. The van der Waals surface area contributed by atoms with Gasteiger partial charge >= 0.3 is 0 Å². The molecule has 0 amide bonds. The van der Waals surface area contributed by atoms with Gasteiger partial charge in [-0.1, -0.05) is 26.0 Å². The van der Waals surface area contributed by atoms with Crippen LogP contribution < -0.4 is 5.73 Å². The van der Waals surface area contributed by atoms with Crippen molar-refractivity contribution in [2.45, 2.75) is 39.2 Å². The van der Waals surface area contributed by atoms with Gasteiger partial charge in [-0.2, -0.15) is 0 Å². The van der Waals surface area contributed by atoms with Crippen molar-refractivity contribution < 1.29 is 0 Å². The van der Waals surface area contributed by atoms with Gasteiger partial charge in [0, 0.05) is 5.54 Å². The summed E-state index contributed by atoms with van der Waals surface area (Å²) >= 11 is 0. The van der Waals surface area contributed by atoms with Crippen molar-refractivity contribution >= 4 is 0 Å². The third-order valence-corrected chi connectivity index (χ3v) is 2.22. The molecule has 0 radical (unpaired) electrons. The summed E-state index contributed by atoms with van der Waals surface area (Å²) in [6, 6.07) is 0. The first-order chi connectivity index (χ1) is 4.41. The van der Waals surface area contributed by atoms with Crippen molar-refractivity contribution in [2.24, 2.45) is 11.1 Å². The van der Waals surface area contributed by atoms with Gasteiger partial charge < -0.3 is 5.73 Å². The van der Waals surface area contributed by atoms with Gasteiger partial charge in [0.05, 0.1) is 0 Å². The van der Waals surface area contributed by atoms with E-state index in [9.17, 15) is 0 Å². The van der Waals surface area contributed by atoms with E-state index >= 15 is 0 Å². The zero-order chi connectivity index (χ0) is 7.83. The summed E-state index contributed by atoms with van der Waals surface area (Å²) in [5.41, 5.74) is 6.24. The Kier molecular flexibility index (Phi) is 1.63. The predicted octanol–water partition coefficient (Wildman–Crippen LogP) is 2.08. The van der Waals surface area contributed by atoms with Crippen molar-refractivity contribution in [2.75, 3.05) is 0 Å². The fourth-order valence-electron chi connectivity index (χ4n) is 1.17. The Hall–Kier alpha value is -0.300. The van der Waals surface area contributed by atoms with Crippen molar-refractivity contribution in [1.29, 1.82) is 0 Å². The third kappa shape index (κ3) is 1.84. The Morgan fingerprint density at radius 2 is 1.70 bits per heavy atom. The summed E-state index contributed by atoms with van der Waals surface area (Å²) in [6.45, 7) is 6.58. The molecule has 0 fully saturated rings. The lowest BCUT2D eigenvalue weighted by Gasteiger charge is -2.32. The SMILES string of the molecule is CC1(C)C=CC(C)(N)CC1. The van der Waals surface area contributed by atoms with Crippen LogP contribution in [0.3, 0.4) is 0 Å². The molecule has 0 aromatic heterocycles. The molecule has 0 spiro atoms. The molecule has 0 aliphatic heterocycles. The maximum Gasteiger partial charge on any atom is 0.0310 e. The fourth-order valence-corrected chi connectivity index (χ4v) is 1.17. The highest BCUT2D eigenvalue weighted by molar-refractivity contribution is 5.11. The monoisotopic (exact) mass is 139 g/mol. The lowest BCUT2D eigenvalue weighted by molar-refractivity contribution is 0.342. The van der Waals surface area contributed by atoms with Crippen LogP contribution >= 0.6 is 0 Å². The summed E-state index contributed by atoms with van der Waals surface area (Å²) in [6.07, 6.45) is 6.68. The van der Waals surface area contributed by atoms with Crippen molar-refractivity contribution in [1.82, 2.24) is 0 Å². The molecule has 0 bridgehead atoms. The lowest BCUT2D eigenvalue weighted by atomic mass is 9.76. The van der Waals surface area contributed by atoms with Crippen LogP contribution in [0.4, 0.5) is 0 Å². The molecule has 58 valence electrons. The number of hydrogen-bond acceptors (Lipinski definition) is 1. The van der Waals surface area contributed by atoms with Crippen molar-refractivity contribution in [3.05, 3.63) is 12.2 Å². The fraction of sp³-hybridized carbons (Fsp3) is 0.778. The molecule has 1 atom stereocenters. The highest BCUT2D eigenvalue weighted by Gasteiger charge is 2.25. The zero-order valence-corrected chi connectivity index (χ0v) is 7.15. The van der Waals surface area contributed by atoms with Gasteiger partial charge in [0.25, 0.3) is 0 Å². The highest BCUT2D eigenvalue weighted by Crippen LogP contribution is 2.32. The van der Waals surface area contributed by atoms with Crippen molar-refractivity contribution in [3.63, 3.8) is 0 Å². The summed E-state index contributed by atoms with van der Waals surface area (Å²) in [5, 5.41) is 0. The van der Waals surface area contributed by atoms with Crippen molar-refractivity contribution in [3.8, 4) is 0 Å². The van der Waals surface area contributed by atoms with Gasteiger partial charge in [-0.3, -0.25) is 0 Å². The number of allylic oxidation sites excluding steroid dienone is 1. The summed E-state index contributed by atoms with van der Waals surface area (Å²) < 4.78 is 0. The van der Waals surface area contributed by atoms with Crippen LogP contribution in [-0.4, -0.2) is 5.54 Å². The van der Waals surface area contributed by atoms with Crippen LogP contribution in [-0.2, 0) is 0 Å². The Morgan fingerprint density at radius 3 is 2.00 bits per heavy atom. The second-order valence-electron chi connectivity index (χ2n) is 4.33. The average Bonchev–Trinajstić information content (AvgIpc) is 1.79. The molecule has 1 heteroatoms. The third-order valence-electron chi connectivity index (χ3n) is 2.22. The first-order valence-corrected chi connectivity index (χ1v) is 3.91. The lowest BCUT2D eigenvalue weighted by Crippen LogP contribution is -2.37. The average molecular weight is 139 g/mol. The van der Waals surface area contributed by atoms with Gasteiger partial charge in [-0.25, -0.2) is 0 Å². The van der Waals surface area contributed by atoms with Gasteiger partial charge in [-0.05, 0) is 25.2 Å². The molecule has 1 nitrogen and oxygen atoms in total. The van der Waals surface area contributed by atoms with E-state index in [0.29, 0.717) is 5.41 Å². The Bertz CT molecular complexity index is 136. The normalized spacial score (nSPS) is 38.0. The first-order valence-electron chi connectivity index (χ1n) is 3.91. The number of nitrogens with two attached hydrogens (primary N) is 1. The van der Waals surface area contributed by atoms with Crippen LogP contribution in [0.5, 0.6) is 0 Å². The minimum Gasteiger partial charge on any atom is -0.322 e. The van der Waals surface area contributed by atoms with Crippen LogP contribution in [0, 0.1) is 5.41 Å².